The molecule has 0 spiro atoms. The highest BCUT2D eigenvalue weighted by atomic mass is 16.6. The molecule has 0 fully saturated rings. The van der Waals surface area contributed by atoms with Crippen molar-refractivity contribution < 1.29 is 52.2 Å². The van der Waals surface area contributed by atoms with Gasteiger partial charge in [-0.05, 0) is 149 Å². The van der Waals surface area contributed by atoms with Gasteiger partial charge < -0.3 is 52.4 Å². The van der Waals surface area contributed by atoms with Crippen LogP contribution in [0.4, 0.5) is 9.59 Å². The summed E-state index contributed by atoms with van der Waals surface area (Å²) in [5, 5.41) is 0. The zero-order chi connectivity index (χ0) is 44.2. The summed E-state index contributed by atoms with van der Waals surface area (Å²) in [5.74, 6) is 4.43. The maximum atomic E-state index is 13.6. The number of rotatable bonds is 12. The first-order chi connectivity index (χ1) is 29.0. The summed E-state index contributed by atoms with van der Waals surface area (Å²) in [5.41, 5.74) is 4.60. The standard InChI is InChI=1S/C48H60N2O11/c1-47(2,3)60-45(51)49-19-17-31-25-41(55-9)43(57-11)27-33(31)35(49)21-29-13-15-37(39(23-29)53-7)59-38-16-14-30(24-40(38)54-8)22-36-34-28-44(58-12)42(56-10)26-32(34)18-20-50(36)46(52)61-48(4,5)6/h13-16,23-28,35-36H,17-22H2,1-12H3/t35-,36-/m1/s1. The molecule has 2 aliphatic heterocycles. The van der Waals surface area contributed by atoms with Gasteiger partial charge in [0.1, 0.15) is 11.2 Å². The summed E-state index contributed by atoms with van der Waals surface area (Å²) in [6.45, 7) is 12.1. The van der Waals surface area contributed by atoms with Crippen molar-refractivity contribution in [3.63, 3.8) is 0 Å². The lowest BCUT2D eigenvalue weighted by atomic mass is 9.88. The molecular formula is C48H60N2O11. The fourth-order valence-electron chi connectivity index (χ4n) is 7.99. The number of fused-ring (bicyclic) bond motifs is 2. The second-order valence-corrected chi connectivity index (χ2v) is 17.2. The molecule has 0 unspecified atom stereocenters. The van der Waals surface area contributed by atoms with E-state index in [0.29, 0.717) is 84.8 Å². The minimum Gasteiger partial charge on any atom is -0.493 e. The highest BCUT2D eigenvalue weighted by molar-refractivity contribution is 5.71. The monoisotopic (exact) mass is 840 g/mol. The number of amides is 2. The number of hydrogen-bond donors (Lipinski definition) is 0. The Bertz CT molecular complexity index is 2070. The predicted molar refractivity (Wildman–Crippen MR) is 231 cm³/mol. The molecule has 13 nitrogen and oxygen atoms in total. The highest BCUT2D eigenvalue weighted by Crippen LogP contribution is 2.44. The Hall–Kier alpha value is -5.98. The van der Waals surface area contributed by atoms with Crippen molar-refractivity contribution in [2.75, 3.05) is 55.7 Å². The third-order valence-corrected chi connectivity index (χ3v) is 10.8. The number of ether oxygens (including phenoxy) is 9. The van der Waals surface area contributed by atoms with Crippen LogP contribution in [0, 0.1) is 0 Å². The molecule has 0 aromatic heterocycles. The van der Waals surface area contributed by atoms with Gasteiger partial charge in [0, 0.05) is 13.1 Å². The number of hydrogen-bond acceptors (Lipinski definition) is 11. The highest BCUT2D eigenvalue weighted by Gasteiger charge is 2.37. The Morgan fingerprint density at radius 3 is 1.15 bits per heavy atom. The Morgan fingerprint density at radius 1 is 0.492 bits per heavy atom. The largest absolute Gasteiger partial charge is 0.493 e. The van der Waals surface area contributed by atoms with Gasteiger partial charge in [-0.2, -0.15) is 0 Å². The molecule has 4 aromatic carbocycles. The SMILES string of the molecule is COc1cc2c(cc1OC)[C@@H](Cc1ccc(Oc3ccc(C[C@@H]4c5cc(OC)c(OC)cc5CCN4C(=O)OC(C)(C)C)cc3OC)c(OC)c1)N(C(=O)OC(C)(C)C)CC2. The van der Waals surface area contributed by atoms with E-state index in [1.807, 2.05) is 102 Å². The van der Waals surface area contributed by atoms with Crippen molar-refractivity contribution in [1.82, 2.24) is 9.80 Å². The Balaban J connectivity index is 1.28. The van der Waals surface area contributed by atoms with Gasteiger partial charge in [0.2, 0.25) is 0 Å². The van der Waals surface area contributed by atoms with Crippen LogP contribution in [-0.4, -0.2) is 88.9 Å². The van der Waals surface area contributed by atoms with Gasteiger partial charge in [-0.1, -0.05) is 12.1 Å². The molecule has 0 aliphatic carbocycles. The van der Waals surface area contributed by atoms with E-state index in [4.69, 9.17) is 42.6 Å². The van der Waals surface area contributed by atoms with Gasteiger partial charge in [-0.25, -0.2) is 9.59 Å². The van der Waals surface area contributed by atoms with Crippen molar-refractivity contribution in [1.29, 1.82) is 0 Å². The number of carbonyl (C=O) groups excluding carboxylic acids is 2. The first kappa shape index (κ1) is 44.6. The summed E-state index contributed by atoms with van der Waals surface area (Å²) in [6, 6.07) is 18.7. The van der Waals surface area contributed by atoms with E-state index in [1.165, 1.54) is 0 Å². The van der Waals surface area contributed by atoms with Crippen molar-refractivity contribution in [3.8, 4) is 46.0 Å². The van der Waals surface area contributed by atoms with Crippen molar-refractivity contribution in [2.45, 2.75) is 90.5 Å². The van der Waals surface area contributed by atoms with Crippen LogP contribution in [-0.2, 0) is 35.2 Å². The van der Waals surface area contributed by atoms with Crippen LogP contribution in [0.5, 0.6) is 46.0 Å². The van der Waals surface area contributed by atoms with Crippen LogP contribution < -0.4 is 33.2 Å². The molecule has 6 rings (SSSR count). The van der Waals surface area contributed by atoms with Crippen LogP contribution >= 0.6 is 0 Å². The summed E-state index contributed by atoms with van der Waals surface area (Å²) < 4.78 is 52.6. The van der Waals surface area contributed by atoms with Gasteiger partial charge >= 0.3 is 12.2 Å². The number of methoxy groups -OCH3 is 6. The lowest BCUT2D eigenvalue weighted by Crippen LogP contribution is -2.43. The number of carbonyl (C=O) groups is 2. The molecule has 2 aliphatic rings. The summed E-state index contributed by atoms with van der Waals surface area (Å²) in [7, 11) is 9.62. The van der Waals surface area contributed by atoms with Crippen molar-refractivity contribution in [3.05, 3.63) is 94.0 Å². The minimum absolute atomic E-state index is 0.354. The van der Waals surface area contributed by atoms with E-state index in [-0.39, 0.29) is 24.3 Å². The molecule has 0 radical (unpaired) electrons. The molecule has 0 bridgehead atoms. The molecule has 0 saturated carbocycles. The van der Waals surface area contributed by atoms with Crippen LogP contribution in [0.1, 0.15) is 87.0 Å². The topological polar surface area (TPSA) is 124 Å². The van der Waals surface area contributed by atoms with Crippen molar-refractivity contribution in [2.24, 2.45) is 0 Å². The molecule has 61 heavy (non-hydrogen) atoms. The average molecular weight is 841 g/mol. The predicted octanol–water partition coefficient (Wildman–Crippen LogP) is 9.68. The first-order valence-corrected chi connectivity index (χ1v) is 20.5. The Labute approximate surface area is 359 Å². The molecule has 13 heteroatoms. The van der Waals surface area contributed by atoms with Crippen LogP contribution in [0.15, 0.2) is 60.7 Å². The zero-order valence-corrected chi connectivity index (χ0v) is 37.6. The lowest BCUT2D eigenvalue weighted by molar-refractivity contribution is 0.0130. The molecule has 2 amide bonds. The fraction of sp³-hybridized carbons (Fsp3) is 0.458. The van der Waals surface area contributed by atoms with E-state index in [9.17, 15) is 9.59 Å². The average Bonchev–Trinajstić information content (AvgIpc) is 3.22. The Kier molecular flexibility index (Phi) is 13.4. The van der Waals surface area contributed by atoms with E-state index in [1.54, 1.807) is 52.5 Å². The third kappa shape index (κ3) is 10.1. The van der Waals surface area contributed by atoms with Crippen molar-refractivity contribution >= 4 is 12.2 Å². The quantitative estimate of drug-likeness (QED) is 0.136. The molecule has 4 aromatic rings. The molecule has 0 saturated heterocycles. The molecule has 2 atom stereocenters. The third-order valence-electron chi connectivity index (χ3n) is 10.8. The van der Waals surface area contributed by atoms with Gasteiger partial charge in [-0.15, -0.1) is 0 Å². The first-order valence-electron chi connectivity index (χ1n) is 20.5. The smallest absolute Gasteiger partial charge is 0.410 e. The van der Waals surface area contributed by atoms with E-state index in [0.717, 1.165) is 33.4 Å². The van der Waals surface area contributed by atoms with Gasteiger partial charge in [0.15, 0.2) is 46.0 Å². The normalized spacial score (nSPS) is 16.1. The summed E-state index contributed by atoms with van der Waals surface area (Å²) >= 11 is 0. The number of benzene rings is 4. The maximum Gasteiger partial charge on any atom is 0.410 e. The lowest BCUT2D eigenvalue weighted by Gasteiger charge is -2.38. The van der Waals surface area contributed by atoms with Gasteiger partial charge in [-0.3, -0.25) is 0 Å². The van der Waals surface area contributed by atoms with E-state index in [2.05, 4.69) is 0 Å². The minimum atomic E-state index is -0.661. The summed E-state index contributed by atoms with van der Waals surface area (Å²) in [4.78, 5) is 30.8. The fourth-order valence-corrected chi connectivity index (χ4v) is 7.99. The molecule has 0 N–H and O–H groups in total. The second-order valence-electron chi connectivity index (χ2n) is 17.2. The van der Waals surface area contributed by atoms with Crippen LogP contribution in [0.25, 0.3) is 0 Å². The zero-order valence-electron chi connectivity index (χ0n) is 37.6. The molecular weight excluding hydrogens is 781 g/mol. The van der Waals surface area contributed by atoms with Crippen LogP contribution in [0.2, 0.25) is 0 Å². The Morgan fingerprint density at radius 2 is 0.820 bits per heavy atom. The van der Waals surface area contributed by atoms with Gasteiger partial charge in [0.25, 0.3) is 0 Å². The van der Waals surface area contributed by atoms with Gasteiger partial charge in [0.05, 0.1) is 54.7 Å². The molecule has 2 heterocycles. The summed E-state index contributed by atoms with van der Waals surface area (Å²) in [6.07, 6.45) is 1.46. The molecule has 328 valence electrons. The maximum absolute atomic E-state index is 13.6. The second kappa shape index (κ2) is 18.3. The van der Waals surface area contributed by atoms with E-state index >= 15 is 0 Å². The van der Waals surface area contributed by atoms with E-state index < -0.39 is 11.2 Å². The number of nitrogens with zero attached hydrogens (tertiary/aromatic N) is 2. The van der Waals surface area contributed by atoms with Crippen LogP contribution in [0.3, 0.4) is 0 Å².